The maximum Gasteiger partial charge on any atom is 0.337 e. The maximum atomic E-state index is 11.9. The molecule has 0 unspecified atom stereocenters. The van der Waals surface area contributed by atoms with E-state index < -0.39 is 0 Å². The van der Waals surface area contributed by atoms with Crippen LogP contribution >= 0.6 is 0 Å². The van der Waals surface area contributed by atoms with Gasteiger partial charge in [-0.2, -0.15) is 0 Å². The monoisotopic (exact) mass is 352 g/mol. The molecule has 0 fully saturated rings. The van der Waals surface area contributed by atoms with Crippen molar-refractivity contribution in [1.82, 2.24) is 0 Å². The van der Waals surface area contributed by atoms with Gasteiger partial charge in [0.1, 0.15) is 0 Å². The molecule has 2 heteroatoms. The van der Waals surface area contributed by atoms with E-state index >= 15 is 0 Å². The van der Waals surface area contributed by atoms with Gasteiger partial charge in [-0.15, -0.1) is 0 Å². The molecule has 26 heavy (non-hydrogen) atoms. The summed E-state index contributed by atoms with van der Waals surface area (Å²) in [5.41, 5.74) is 8.52. The molecule has 1 aromatic rings. The molecule has 0 aliphatic heterocycles. The van der Waals surface area contributed by atoms with Crippen molar-refractivity contribution in [3.8, 4) is 0 Å². The van der Waals surface area contributed by atoms with Gasteiger partial charge < -0.3 is 4.74 Å². The predicted molar refractivity (Wildman–Crippen MR) is 110 cm³/mol. The second-order valence-corrected chi connectivity index (χ2v) is 7.87. The number of rotatable bonds is 5. The highest BCUT2D eigenvalue weighted by atomic mass is 16.5. The molecule has 2 nitrogen and oxygen atoms in total. The van der Waals surface area contributed by atoms with Crippen LogP contribution in [-0.4, -0.2) is 13.1 Å². The molecule has 1 aromatic carbocycles. The molecule has 140 valence electrons. The Morgan fingerprint density at radius 2 is 2.04 bits per heavy atom. The summed E-state index contributed by atoms with van der Waals surface area (Å²) >= 11 is 0. The zero-order valence-corrected chi connectivity index (χ0v) is 17.2. The summed E-state index contributed by atoms with van der Waals surface area (Å²) in [7, 11) is 1.42. The van der Waals surface area contributed by atoms with Crippen molar-refractivity contribution < 1.29 is 9.53 Å². The second-order valence-electron chi connectivity index (χ2n) is 7.87. The topological polar surface area (TPSA) is 26.3 Å². The summed E-state index contributed by atoms with van der Waals surface area (Å²) in [6, 6.07) is 5.93. The van der Waals surface area contributed by atoms with Gasteiger partial charge in [-0.25, -0.2) is 4.79 Å². The molecule has 0 spiro atoms. The zero-order valence-electron chi connectivity index (χ0n) is 17.2. The number of hydrogen-bond donors (Lipinski definition) is 0. The second kappa shape index (κ2) is 8.07. The lowest BCUT2D eigenvalue weighted by Gasteiger charge is -2.37. The maximum absolute atomic E-state index is 11.9. The Balaban J connectivity index is 2.75. The van der Waals surface area contributed by atoms with Gasteiger partial charge in [0.25, 0.3) is 0 Å². The average molecular weight is 353 g/mol. The first-order chi connectivity index (χ1) is 12.3. The standard InChI is InChI=1S/C24H32O2/c1-8-16(3)21(22-17(4)11-10-14-24(22,5)6)20-13-12-19(23(25)26-7)15-18(20)9-2/h8,12-13,15H,1,9-11,14H2,2-7H3/b21-16+. The lowest BCUT2D eigenvalue weighted by molar-refractivity contribution is 0.0600. The summed E-state index contributed by atoms with van der Waals surface area (Å²) in [6.07, 6.45) is 6.39. The molecular weight excluding hydrogens is 320 g/mol. The van der Waals surface area contributed by atoms with Crippen LogP contribution in [0.25, 0.3) is 5.57 Å². The fourth-order valence-corrected chi connectivity index (χ4v) is 4.20. The van der Waals surface area contributed by atoms with Gasteiger partial charge in [-0.3, -0.25) is 0 Å². The van der Waals surface area contributed by atoms with Crippen molar-refractivity contribution in [3.63, 3.8) is 0 Å². The van der Waals surface area contributed by atoms with E-state index in [1.54, 1.807) is 0 Å². The van der Waals surface area contributed by atoms with Gasteiger partial charge in [0.2, 0.25) is 0 Å². The lowest BCUT2D eigenvalue weighted by atomic mass is 9.67. The van der Waals surface area contributed by atoms with Gasteiger partial charge in [0, 0.05) is 0 Å². The van der Waals surface area contributed by atoms with Crippen molar-refractivity contribution in [2.24, 2.45) is 5.41 Å². The van der Waals surface area contributed by atoms with Gasteiger partial charge in [-0.05, 0) is 84.9 Å². The Bertz CT molecular complexity index is 775. The summed E-state index contributed by atoms with van der Waals surface area (Å²) in [4.78, 5) is 11.9. The number of allylic oxidation sites excluding steroid dienone is 5. The lowest BCUT2D eigenvalue weighted by Crippen LogP contribution is -2.22. The highest BCUT2D eigenvalue weighted by molar-refractivity contribution is 5.92. The molecule has 2 rings (SSSR count). The number of carbonyl (C=O) groups excluding carboxylic acids is 1. The molecule has 1 aliphatic rings. The number of esters is 1. The summed E-state index contributed by atoms with van der Waals surface area (Å²) in [5, 5.41) is 0. The molecule has 0 radical (unpaired) electrons. The fourth-order valence-electron chi connectivity index (χ4n) is 4.20. The van der Waals surface area contributed by atoms with Crippen LogP contribution < -0.4 is 0 Å². The third kappa shape index (κ3) is 3.85. The van der Waals surface area contributed by atoms with Crippen LogP contribution in [0.5, 0.6) is 0 Å². The molecule has 0 heterocycles. The number of carbonyl (C=O) groups is 1. The van der Waals surface area contributed by atoms with Gasteiger partial charge in [-0.1, -0.05) is 45.1 Å². The molecule has 0 bridgehead atoms. The first-order valence-corrected chi connectivity index (χ1v) is 9.52. The molecule has 1 aliphatic carbocycles. The third-order valence-corrected chi connectivity index (χ3v) is 5.58. The Hall–Kier alpha value is -2.09. The molecule has 0 saturated heterocycles. The summed E-state index contributed by atoms with van der Waals surface area (Å²) in [6.45, 7) is 15.3. The normalized spacial score (nSPS) is 17.6. The van der Waals surface area contributed by atoms with E-state index in [0.717, 1.165) is 12.8 Å². The van der Waals surface area contributed by atoms with E-state index in [-0.39, 0.29) is 11.4 Å². The van der Waals surface area contributed by atoms with Crippen molar-refractivity contribution in [1.29, 1.82) is 0 Å². The summed E-state index contributed by atoms with van der Waals surface area (Å²) in [5.74, 6) is -0.286. The number of hydrogen-bond acceptors (Lipinski definition) is 2. The minimum atomic E-state index is -0.286. The highest BCUT2D eigenvalue weighted by Gasteiger charge is 2.32. The minimum absolute atomic E-state index is 0.133. The van der Waals surface area contributed by atoms with Crippen LogP contribution in [0.4, 0.5) is 0 Å². The van der Waals surface area contributed by atoms with Crippen LogP contribution in [0.15, 0.2) is 47.6 Å². The van der Waals surface area contributed by atoms with Crippen LogP contribution in [0, 0.1) is 5.41 Å². The van der Waals surface area contributed by atoms with Crippen molar-refractivity contribution in [3.05, 3.63) is 64.3 Å². The van der Waals surface area contributed by atoms with Crippen LogP contribution in [0.1, 0.15) is 75.4 Å². The van der Waals surface area contributed by atoms with Crippen molar-refractivity contribution in [2.45, 2.75) is 60.3 Å². The SMILES string of the molecule is C=C/C(C)=C(/C1=C(C)CCCC1(C)C)c1ccc(C(=O)OC)cc1CC. The van der Waals surface area contributed by atoms with Gasteiger partial charge in [0.15, 0.2) is 0 Å². The third-order valence-electron chi connectivity index (χ3n) is 5.58. The van der Waals surface area contributed by atoms with E-state index in [1.165, 1.54) is 53.4 Å². The fraction of sp³-hybridized carbons (Fsp3) is 0.458. The average Bonchev–Trinajstić information content (AvgIpc) is 2.62. The van der Waals surface area contributed by atoms with E-state index in [2.05, 4.69) is 47.3 Å². The predicted octanol–water partition coefficient (Wildman–Crippen LogP) is 6.52. The van der Waals surface area contributed by atoms with Gasteiger partial charge >= 0.3 is 5.97 Å². The van der Waals surface area contributed by atoms with Crippen molar-refractivity contribution in [2.75, 3.05) is 7.11 Å². The minimum Gasteiger partial charge on any atom is -0.465 e. The number of ether oxygens (including phenoxy) is 1. The number of benzene rings is 1. The molecule has 0 N–H and O–H groups in total. The largest absolute Gasteiger partial charge is 0.465 e. The molecule has 0 saturated carbocycles. The zero-order chi connectivity index (χ0) is 19.5. The Kier molecular flexibility index (Phi) is 6.28. The van der Waals surface area contributed by atoms with E-state index in [1.807, 2.05) is 18.2 Å². The van der Waals surface area contributed by atoms with Crippen molar-refractivity contribution >= 4 is 11.5 Å². The highest BCUT2D eigenvalue weighted by Crippen LogP contribution is 2.48. The number of aryl methyl sites for hydroxylation is 1. The van der Waals surface area contributed by atoms with E-state index in [4.69, 9.17) is 4.74 Å². The molecular formula is C24H32O2. The quantitative estimate of drug-likeness (QED) is 0.445. The van der Waals surface area contributed by atoms with E-state index in [0.29, 0.717) is 5.56 Å². The van der Waals surface area contributed by atoms with Crippen LogP contribution in [-0.2, 0) is 11.2 Å². The first-order valence-electron chi connectivity index (χ1n) is 9.52. The molecule has 0 atom stereocenters. The Labute approximate surface area is 158 Å². The number of methoxy groups -OCH3 is 1. The van der Waals surface area contributed by atoms with Crippen LogP contribution in [0.3, 0.4) is 0 Å². The van der Waals surface area contributed by atoms with E-state index in [9.17, 15) is 4.79 Å². The summed E-state index contributed by atoms with van der Waals surface area (Å²) < 4.78 is 4.89. The molecule has 0 amide bonds. The van der Waals surface area contributed by atoms with Gasteiger partial charge in [0.05, 0.1) is 12.7 Å². The smallest absolute Gasteiger partial charge is 0.337 e. The molecule has 0 aromatic heterocycles. The Morgan fingerprint density at radius 3 is 2.58 bits per heavy atom. The first kappa shape index (κ1) is 20.2. The Morgan fingerprint density at radius 1 is 1.35 bits per heavy atom. The van der Waals surface area contributed by atoms with Crippen LogP contribution in [0.2, 0.25) is 0 Å².